The lowest BCUT2D eigenvalue weighted by Gasteiger charge is -2.11. The van der Waals surface area contributed by atoms with Gasteiger partial charge in [-0.25, -0.2) is 9.97 Å². The van der Waals surface area contributed by atoms with E-state index in [1.165, 1.54) is 23.3 Å². The standard InChI is InChI=1S/C19H17N5S/c1-3-7-15-13(5-1)12(9-20-15)10-23-24-18-17-14-6-2-4-8-16(14)25-19(17)22-11-21-18/h1,3,5,7,9-11,20H,2,4,6,8H2,(H,21,22,24). The zero-order valence-electron chi connectivity index (χ0n) is 13.6. The Labute approximate surface area is 148 Å². The molecule has 25 heavy (non-hydrogen) atoms. The summed E-state index contributed by atoms with van der Waals surface area (Å²) in [4.78, 5) is 14.7. The molecular formula is C19H17N5S. The van der Waals surface area contributed by atoms with Crippen molar-refractivity contribution in [2.45, 2.75) is 25.7 Å². The number of hydrogen-bond acceptors (Lipinski definition) is 5. The van der Waals surface area contributed by atoms with Gasteiger partial charge in [-0.3, -0.25) is 5.43 Å². The number of fused-ring (bicyclic) bond motifs is 4. The summed E-state index contributed by atoms with van der Waals surface area (Å²) in [5.74, 6) is 0.806. The maximum atomic E-state index is 4.46. The number of anilines is 1. The molecule has 5 rings (SSSR count). The molecule has 0 bridgehead atoms. The van der Waals surface area contributed by atoms with E-state index in [-0.39, 0.29) is 0 Å². The van der Waals surface area contributed by atoms with Gasteiger partial charge in [-0.15, -0.1) is 11.3 Å². The summed E-state index contributed by atoms with van der Waals surface area (Å²) in [5, 5.41) is 6.74. The summed E-state index contributed by atoms with van der Waals surface area (Å²) in [6, 6.07) is 8.21. The number of benzene rings is 1. The topological polar surface area (TPSA) is 66.0 Å². The second kappa shape index (κ2) is 5.97. The van der Waals surface area contributed by atoms with Crippen LogP contribution in [-0.2, 0) is 12.8 Å². The molecule has 4 aromatic rings. The highest BCUT2D eigenvalue weighted by Crippen LogP contribution is 2.38. The van der Waals surface area contributed by atoms with Crippen molar-refractivity contribution in [3.63, 3.8) is 0 Å². The highest BCUT2D eigenvalue weighted by Gasteiger charge is 2.19. The van der Waals surface area contributed by atoms with E-state index in [1.807, 2.05) is 24.5 Å². The molecule has 1 aliphatic rings. The van der Waals surface area contributed by atoms with Crippen LogP contribution in [0.4, 0.5) is 5.82 Å². The molecular weight excluding hydrogens is 330 g/mol. The lowest BCUT2D eigenvalue weighted by atomic mass is 9.97. The van der Waals surface area contributed by atoms with Gasteiger partial charge in [-0.1, -0.05) is 18.2 Å². The Kier molecular flexibility index (Phi) is 3.48. The van der Waals surface area contributed by atoms with Crippen LogP contribution >= 0.6 is 11.3 Å². The van der Waals surface area contributed by atoms with Crippen LogP contribution in [0.25, 0.3) is 21.1 Å². The number of nitrogens with zero attached hydrogens (tertiary/aromatic N) is 3. The zero-order valence-corrected chi connectivity index (χ0v) is 14.4. The largest absolute Gasteiger partial charge is 0.361 e. The summed E-state index contributed by atoms with van der Waals surface area (Å²) >= 11 is 1.80. The SMILES string of the molecule is C(=NNc1ncnc2sc3c(c12)CCCC3)c1c[nH]c2ccccc12. The number of nitrogens with one attached hydrogen (secondary N) is 2. The zero-order chi connectivity index (χ0) is 16.6. The van der Waals surface area contributed by atoms with Crippen LogP contribution in [0.15, 0.2) is 41.9 Å². The minimum atomic E-state index is 0.806. The van der Waals surface area contributed by atoms with Crippen molar-refractivity contribution in [1.82, 2.24) is 15.0 Å². The van der Waals surface area contributed by atoms with Gasteiger partial charge in [0.2, 0.25) is 0 Å². The maximum absolute atomic E-state index is 4.46. The number of hydrazone groups is 1. The van der Waals surface area contributed by atoms with Crippen LogP contribution in [0, 0.1) is 0 Å². The molecule has 2 N–H and O–H groups in total. The molecule has 0 fully saturated rings. The molecule has 1 aromatic carbocycles. The molecule has 0 aliphatic heterocycles. The number of rotatable bonds is 3. The summed E-state index contributed by atoms with van der Waals surface area (Å²) in [5.41, 5.74) is 6.72. The summed E-state index contributed by atoms with van der Waals surface area (Å²) in [7, 11) is 0. The Bertz CT molecular complexity index is 1090. The number of thiophene rings is 1. The summed E-state index contributed by atoms with van der Waals surface area (Å²) in [6.45, 7) is 0. The Morgan fingerprint density at radius 3 is 3.08 bits per heavy atom. The highest BCUT2D eigenvalue weighted by molar-refractivity contribution is 7.19. The average Bonchev–Trinajstić information content (AvgIpc) is 3.23. The van der Waals surface area contributed by atoms with Crippen LogP contribution in [0.1, 0.15) is 28.8 Å². The summed E-state index contributed by atoms with van der Waals surface area (Å²) in [6.07, 6.45) is 10.2. The van der Waals surface area contributed by atoms with E-state index in [9.17, 15) is 0 Å². The predicted molar refractivity (Wildman–Crippen MR) is 104 cm³/mol. The monoisotopic (exact) mass is 347 g/mol. The van der Waals surface area contributed by atoms with Crippen LogP contribution in [-0.4, -0.2) is 21.2 Å². The van der Waals surface area contributed by atoms with Crippen molar-refractivity contribution in [1.29, 1.82) is 0 Å². The minimum Gasteiger partial charge on any atom is -0.361 e. The number of para-hydroxylation sites is 1. The van der Waals surface area contributed by atoms with Crippen LogP contribution in [0.2, 0.25) is 0 Å². The molecule has 0 unspecified atom stereocenters. The van der Waals surface area contributed by atoms with Gasteiger partial charge >= 0.3 is 0 Å². The Hall–Kier alpha value is -2.73. The van der Waals surface area contributed by atoms with Crippen molar-refractivity contribution in [2.24, 2.45) is 5.10 Å². The van der Waals surface area contributed by atoms with E-state index in [1.54, 1.807) is 17.7 Å². The van der Waals surface area contributed by atoms with Gasteiger partial charge in [0.15, 0.2) is 5.82 Å². The van der Waals surface area contributed by atoms with E-state index < -0.39 is 0 Å². The number of hydrogen-bond donors (Lipinski definition) is 2. The molecule has 1 aliphatic carbocycles. The molecule has 6 heteroatoms. The molecule has 0 spiro atoms. The van der Waals surface area contributed by atoms with Gasteiger partial charge in [-0.05, 0) is 37.3 Å². The molecule has 124 valence electrons. The molecule has 5 nitrogen and oxygen atoms in total. The molecule has 0 saturated heterocycles. The lowest BCUT2D eigenvalue weighted by Crippen LogP contribution is -2.00. The first-order valence-electron chi connectivity index (χ1n) is 8.50. The van der Waals surface area contributed by atoms with Gasteiger partial charge < -0.3 is 4.98 Å². The Morgan fingerprint density at radius 1 is 1.16 bits per heavy atom. The molecule has 0 atom stereocenters. The first kappa shape index (κ1) is 14.6. The third-order valence-corrected chi connectivity index (χ3v) is 5.95. The smallest absolute Gasteiger partial charge is 0.158 e. The van der Waals surface area contributed by atoms with E-state index in [0.29, 0.717) is 0 Å². The fourth-order valence-corrected chi connectivity index (χ4v) is 4.77. The Balaban J connectivity index is 1.49. The van der Waals surface area contributed by atoms with E-state index in [2.05, 4.69) is 37.6 Å². The van der Waals surface area contributed by atoms with Crippen molar-refractivity contribution in [3.8, 4) is 0 Å². The predicted octanol–water partition coefficient (Wildman–Crippen LogP) is 4.50. The number of aryl methyl sites for hydroxylation is 2. The molecule has 3 aromatic heterocycles. The maximum Gasteiger partial charge on any atom is 0.158 e. The first-order chi connectivity index (χ1) is 12.4. The van der Waals surface area contributed by atoms with Crippen molar-refractivity contribution < 1.29 is 0 Å². The molecule has 3 heterocycles. The highest BCUT2D eigenvalue weighted by atomic mass is 32.1. The normalized spacial score (nSPS) is 14.4. The summed E-state index contributed by atoms with van der Waals surface area (Å²) < 4.78 is 0. The molecule has 0 radical (unpaired) electrons. The van der Waals surface area contributed by atoms with E-state index in [0.717, 1.165) is 45.3 Å². The quantitative estimate of drug-likeness (QED) is 0.424. The van der Waals surface area contributed by atoms with Crippen molar-refractivity contribution >= 4 is 44.5 Å². The van der Waals surface area contributed by atoms with Gasteiger partial charge in [0, 0.05) is 27.5 Å². The van der Waals surface area contributed by atoms with E-state index >= 15 is 0 Å². The second-order valence-corrected chi connectivity index (χ2v) is 7.36. The van der Waals surface area contributed by atoms with Crippen LogP contribution in [0.3, 0.4) is 0 Å². The van der Waals surface area contributed by atoms with Crippen molar-refractivity contribution in [3.05, 3.63) is 52.8 Å². The van der Waals surface area contributed by atoms with Crippen molar-refractivity contribution in [2.75, 3.05) is 5.43 Å². The van der Waals surface area contributed by atoms with Crippen LogP contribution in [0.5, 0.6) is 0 Å². The second-order valence-electron chi connectivity index (χ2n) is 6.27. The lowest BCUT2D eigenvalue weighted by molar-refractivity contribution is 0.700. The average molecular weight is 347 g/mol. The third-order valence-electron chi connectivity index (χ3n) is 4.75. The minimum absolute atomic E-state index is 0.806. The number of aromatic nitrogens is 3. The van der Waals surface area contributed by atoms with E-state index in [4.69, 9.17) is 0 Å². The molecule has 0 saturated carbocycles. The fraction of sp³-hybridized carbons (Fsp3) is 0.211. The van der Waals surface area contributed by atoms with Gasteiger partial charge in [-0.2, -0.15) is 5.10 Å². The first-order valence-corrected chi connectivity index (χ1v) is 9.32. The molecule has 0 amide bonds. The number of H-pyrrole nitrogens is 1. The third kappa shape index (κ3) is 2.49. The van der Waals surface area contributed by atoms with Crippen LogP contribution < -0.4 is 5.43 Å². The van der Waals surface area contributed by atoms with Gasteiger partial charge in [0.25, 0.3) is 0 Å². The fourth-order valence-electron chi connectivity index (χ4n) is 3.54. The van der Waals surface area contributed by atoms with Gasteiger partial charge in [0.05, 0.1) is 11.6 Å². The van der Waals surface area contributed by atoms with Gasteiger partial charge in [0.1, 0.15) is 11.2 Å². The Morgan fingerprint density at radius 2 is 2.08 bits per heavy atom. The number of aromatic amines is 1.